The summed E-state index contributed by atoms with van der Waals surface area (Å²) in [5.41, 5.74) is 5.85. The van der Waals surface area contributed by atoms with Crippen molar-refractivity contribution in [2.75, 3.05) is 25.1 Å². The molecule has 0 radical (unpaired) electrons. The summed E-state index contributed by atoms with van der Waals surface area (Å²) in [4.78, 5) is 38.0. The van der Waals surface area contributed by atoms with E-state index in [4.69, 9.17) is 14.5 Å². The largest absolute Gasteiger partial charge is 0.494 e. The number of carbonyl (C=O) groups excluding carboxylic acids is 2. The quantitative estimate of drug-likeness (QED) is 0.211. The van der Waals surface area contributed by atoms with Gasteiger partial charge in [0.05, 0.1) is 23.4 Å². The van der Waals surface area contributed by atoms with Gasteiger partial charge in [0.1, 0.15) is 5.75 Å². The summed E-state index contributed by atoms with van der Waals surface area (Å²) in [7, 11) is 0. The zero-order chi connectivity index (χ0) is 28.9. The monoisotopic (exact) mass is 578 g/mol. The first-order chi connectivity index (χ1) is 20.6. The average Bonchev–Trinajstić information content (AvgIpc) is 3.48. The Kier molecular flexibility index (Phi) is 8.21. The predicted octanol–water partition coefficient (Wildman–Crippen LogP) is 6.11. The number of amides is 1. The Hall–Kier alpha value is -4.60. The predicted molar refractivity (Wildman–Crippen MR) is 164 cm³/mol. The van der Waals surface area contributed by atoms with Crippen LogP contribution in [0.15, 0.2) is 84.2 Å². The van der Waals surface area contributed by atoms with Gasteiger partial charge in [-0.3, -0.25) is 20.0 Å². The highest BCUT2D eigenvalue weighted by molar-refractivity contribution is 7.14. The molecule has 5 aromatic rings. The maximum atomic E-state index is 13.5. The van der Waals surface area contributed by atoms with Crippen molar-refractivity contribution in [3.8, 4) is 17.0 Å². The molecule has 0 unspecified atom stereocenters. The van der Waals surface area contributed by atoms with E-state index in [2.05, 4.69) is 27.3 Å². The number of pyridine rings is 1. The molecule has 3 heterocycles. The second kappa shape index (κ2) is 12.5. The van der Waals surface area contributed by atoms with Crippen LogP contribution in [0.4, 0.5) is 5.13 Å². The summed E-state index contributed by atoms with van der Waals surface area (Å²) >= 11 is 1.31. The number of anilines is 1. The number of esters is 1. The fourth-order valence-electron chi connectivity index (χ4n) is 5.17. The molecule has 212 valence electrons. The fourth-order valence-corrected chi connectivity index (χ4v) is 5.90. The lowest BCUT2D eigenvalue weighted by Gasteiger charge is -2.30. The third-order valence-electron chi connectivity index (χ3n) is 7.12. The lowest BCUT2D eigenvalue weighted by molar-refractivity contribution is -0.119. The standard InChI is InChI=1S/C33H30N4O4S/c1-2-40-24-14-12-23(13-15-24)29-21-42-33(35-29)36-30(38)20-41-32(39)31-25-10-6-7-11-27(25)34-28-16-17-37(19-26(28)31)18-22-8-4-3-5-9-22/h3-15,21H,2,16-20H2,1H3,(H,35,36,38). The molecule has 9 heteroatoms. The van der Waals surface area contributed by atoms with Crippen LogP contribution in [-0.2, 0) is 29.0 Å². The van der Waals surface area contributed by atoms with Gasteiger partial charge < -0.3 is 9.47 Å². The first-order valence-electron chi connectivity index (χ1n) is 13.9. The molecule has 1 amide bonds. The number of nitrogens with one attached hydrogen (secondary N) is 1. The number of para-hydroxylation sites is 1. The zero-order valence-electron chi connectivity index (χ0n) is 23.2. The number of carbonyl (C=O) groups is 2. The van der Waals surface area contributed by atoms with Crippen LogP contribution in [0.5, 0.6) is 5.75 Å². The highest BCUT2D eigenvalue weighted by atomic mass is 32.1. The van der Waals surface area contributed by atoms with Crippen LogP contribution in [0.25, 0.3) is 22.2 Å². The van der Waals surface area contributed by atoms with Crippen molar-refractivity contribution in [1.29, 1.82) is 0 Å². The Bertz CT molecular complexity index is 1720. The van der Waals surface area contributed by atoms with Gasteiger partial charge in [0, 0.05) is 53.6 Å². The summed E-state index contributed by atoms with van der Waals surface area (Å²) in [5.74, 6) is -0.191. The Morgan fingerprint density at radius 3 is 2.57 bits per heavy atom. The number of fused-ring (bicyclic) bond motifs is 2. The SMILES string of the molecule is CCOc1ccc(-c2csc(NC(=O)COC(=O)c3c4c(nc5ccccc35)CCN(Cc3ccccc3)C4)n2)cc1. The highest BCUT2D eigenvalue weighted by Crippen LogP contribution is 2.30. The first-order valence-corrected chi connectivity index (χ1v) is 14.8. The molecule has 0 atom stereocenters. The molecule has 1 N–H and O–H groups in total. The smallest absolute Gasteiger partial charge is 0.339 e. The molecule has 0 aliphatic carbocycles. The molecule has 8 nitrogen and oxygen atoms in total. The minimum absolute atomic E-state index is 0.421. The van der Waals surface area contributed by atoms with Crippen molar-refractivity contribution < 1.29 is 19.1 Å². The van der Waals surface area contributed by atoms with E-state index >= 15 is 0 Å². The summed E-state index contributed by atoms with van der Waals surface area (Å²) in [6.45, 7) is 4.31. The number of thiazole rings is 1. The Balaban J connectivity index is 1.15. The number of nitrogens with zero attached hydrogens (tertiary/aromatic N) is 3. The van der Waals surface area contributed by atoms with E-state index in [0.717, 1.165) is 58.7 Å². The van der Waals surface area contributed by atoms with Crippen molar-refractivity contribution in [1.82, 2.24) is 14.9 Å². The van der Waals surface area contributed by atoms with Crippen LogP contribution >= 0.6 is 11.3 Å². The minimum Gasteiger partial charge on any atom is -0.494 e. The summed E-state index contributed by atoms with van der Waals surface area (Å²) < 4.78 is 11.1. The van der Waals surface area contributed by atoms with Gasteiger partial charge in [-0.05, 0) is 42.8 Å². The molecular weight excluding hydrogens is 548 g/mol. The van der Waals surface area contributed by atoms with Crippen LogP contribution in [0, 0.1) is 0 Å². The minimum atomic E-state index is -0.532. The topological polar surface area (TPSA) is 93.6 Å². The Morgan fingerprint density at radius 1 is 0.976 bits per heavy atom. The fraction of sp³-hybridized carbons (Fsp3) is 0.212. The van der Waals surface area contributed by atoms with Gasteiger partial charge in [0.25, 0.3) is 5.91 Å². The van der Waals surface area contributed by atoms with E-state index in [9.17, 15) is 9.59 Å². The molecule has 1 aliphatic heterocycles. The van der Waals surface area contributed by atoms with Gasteiger partial charge in [-0.15, -0.1) is 11.3 Å². The van der Waals surface area contributed by atoms with Crippen LogP contribution < -0.4 is 10.1 Å². The van der Waals surface area contributed by atoms with Gasteiger partial charge in [0.15, 0.2) is 11.7 Å². The molecule has 0 saturated carbocycles. The zero-order valence-corrected chi connectivity index (χ0v) is 24.0. The van der Waals surface area contributed by atoms with Crippen LogP contribution in [-0.4, -0.2) is 46.5 Å². The van der Waals surface area contributed by atoms with E-state index in [1.165, 1.54) is 16.9 Å². The molecule has 3 aromatic carbocycles. The van der Waals surface area contributed by atoms with Crippen molar-refractivity contribution in [3.63, 3.8) is 0 Å². The van der Waals surface area contributed by atoms with Crippen molar-refractivity contribution in [2.45, 2.75) is 26.4 Å². The van der Waals surface area contributed by atoms with Gasteiger partial charge in [-0.2, -0.15) is 0 Å². The van der Waals surface area contributed by atoms with E-state index in [0.29, 0.717) is 23.8 Å². The average molecular weight is 579 g/mol. The summed E-state index contributed by atoms with van der Waals surface area (Å²) in [6.07, 6.45) is 0.731. The van der Waals surface area contributed by atoms with E-state index < -0.39 is 18.5 Å². The maximum absolute atomic E-state index is 13.5. The maximum Gasteiger partial charge on any atom is 0.339 e. The Labute approximate surface area is 248 Å². The van der Waals surface area contributed by atoms with Crippen LogP contribution in [0.3, 0.4) is 0 Å². The molecule has 0 saturated heterocycles. The second-order valence-electron chi connectivity index (χ2n) is 10.00. The van der Waals surface area contributed by atoms with Gasteiger partial charge in [0.2, 0.25) is 0 Å². The first kappa shape index (κ1) is 27.6. The molecular formula is C33H30N4O4S. The number of aromatic nitrogens is 2. The van der Waals surface area contributed by atoms with Crippen LogP contribution in [0.1, 0.15) is 34.1 Å². The van der Waals surface area contributed by atoms with Gasteiger partial charge >= 0.3 is 5.97 Å². The van der Waals surface area contributed by atoms with E-state index in [-0.39, 0.29) is 0 Å². The molecule has 0 bridgehead atoms. The lowest BCUT2D eigenvalue weighted by Crippen LogP contribution is -2.32. The van der Waals surface area contributed by atoms with Gasteiger partial charge in [-0.25, -0.2) is 9.78 Å². The van der Waals surface area contributed by atoms with Gasteiger partial charge in [-0.1, -0.05) is 48.5 Å². The van der Waals surface area contributed by atoms with Crippen molar-refractivity contribution in [2.24, 2.45) is 0 Å². The number of ether oxygens (including phenoxy) is 2. The lowest BCUT2D eigenvalue weighted by atomic mass is 9.95. The third kappa shape index (κ3) is 6.17. The molecule has 6 rings (SSSR count). The molecule has 0 spiro atoms. The third-order valence-corrected chi connectivity index (χ3v) is 7.88. The Morgan fingerprint density at radius 2 is 1.76 bits per heavy atom. The summed E-state index contributed by atoms with van der Waals surface area (Å²) in [5, 5.41) is 5.78. The molecule has 1 aliphatic rings. The molecule has 0 fully saturated rings. The van der Waals surface area contributed by atoms with E-state index in [1.54, 1.807) is 0 Å². The number of hydrogen-bond acceptors (Lipinski definition) is 8. The second-order valence-corrected chi connectivity index (χ2v) is 10.9. The summed E-state index contributed by atoms with van der Waals surface area (Å²) in [6, 6.07) is 25.5. The van der Waals surface area contributed by atoms with Crippen molar-refractivity contribution >= 4 is 39.2 Å². The normalized spacial score (nSPS) is 13.0. The molecule has 2 aromatic heterocycles. The van der Waals surface area contributed by atoms with Crippen molar-refractivity contribution in [3.05, 3.63) is 107 Å². The number of rotatable bonds is 9. The number of hydrogen-bond donors (Lipinski definition) is 1. The number of benzene rings is 3. The molecule has 42 heavy (non-hydrogen) atoms. The highest BCUT2D eigenvalue weighted by Gasteiger charge is 2.27. The van der Waals surface area contributed by atoms with E-state index in [1.807, 2.05) is 79.0 Å². The van der Waals surface area contributed by atoms with Crippen LogP contribution in [0.2, 0.25) is 0 Å².